The van der Waals surface area contributed by atoms with Crippen LogP contribution in [-0.2, 0) is 0 Å². The molecule has 5 rings (SSSR count). The van der Waals surface area contributed by atoms with E-state index in [-0.39, 0.29) is 28.5 Å². The molecule has 2 heterocycles. The van der Waals surface area contributed by atoms with E-state index in [9.17, 15) is 20.0 Å². The van der Waals surface area contributed by atoms with Crippen molar-refractivity contribution in [3.8, 4) is 27.6 Å². The van der Waals surface area contributed by atoms with Crippen LogP contribution >= 0.6 is 11.3 Å². The van der Waals surface area contributed by atoms with Gasteiger partial charge in [0.05, 0.1) is 26.3 Å². The Morgan fingerprint density at radius 2 is 1.79 bits per heavy atom. The van der Waals surface area contributed by atoms with E-state index in [0.29, 0.717) is 16.3 Å². The fourth-order valence-corrected chi connectivity index (χ4v) is 4.40. The minimum absolute atomic E-state index is 0.00207. The third kappa shape index (κ3) is 3.92. The quantitative estimate of drug-likeness (QED) is 0.187. The molecule has 5 aromatic rings. The fourth-order valence-electron chi connectivity index (χ4n) is 3.41. The van der Waals surface area contributed by atoms with E-state index in [1.54, 1.807) is 30.3 Å². The lowest BCUT2D eigenvalue weighted by Crippen LogP contribution is -2.10. The molecule has 2 N–H and O–H groups in total. The number of hydrogen-bond donors (Lipinski definition) is 2. The molecule has 0 aliphatic carbocycles. The second-order valence-corrected chi connectivity index (χ2v) is 8.14. The lowest BCUT2D eigenvalue weighted by molar-refractivity contribution is -0.384. The van der Waals surface area contributed by atoms with Crippen LogP contribution in [0, 0.1) is 10.1 Å². The van der Waals surface area contributed by atoms with Crippen LogP contribution < -0.4 is 5.32 Å². The molecule has 0 saturated heterocycles. The molecule has 162 valence electrons. The first-order valence-corrected chi connectivity index (χ1v) is 10.7. The first-order chi connectivity index (χ1) is 16.0. The summed E-state index contributed by atoms with van der Waals surface area (Å²) >= 11 is 1.44. The Balaban J connectivity index is 1.41. The summed E-state index contributed by atoms with van der Waals surface area (Å²) in [7, 11) is 0. The van der Waals surface area contributed by atoms with Crippen LogP contribution in [0.2, 0.25) is 0 Å². The molecule has 0 spiro atoms. The molecule has 0 radical (unpaired) electrons. The first kappa shape index (κ1) is 20.4. The first-order valence-electron chi connectivity index (χ1n) is 9.83. The highest BCUT2D eigenvalue weighted by Gasteiger charge is 2.20. The molecule has 9 heteroatoms. The second-order valence-electron chi connectivity index (χ2n) is 7.11. The van der Waals surface area contributed by atoms with E-state index in [1.165, 1.54) is 35.6 Å². The zero-order valence-electron chi connectivity index (χ0n) is 16.9. The largest absolute Gasteiger partial charge is 0.507 e. The molecule has 0 fully saturated rings. The van der Waals surface area contributed by atoms with E-state index >= 15 is 0 Å². The van der Waals surface area contributed by atoms with Crippen molar-refractivity contribution in [1.82, 2.24) is 4.98 Å². The molecule has 0 atom stereocenters. The molecule has 33 heavy (non-hydrogen) atoms. The molecule has 0 aliphatic heterocycles. The van der Waals surface area contributed by atoms with Crippen molar-refractivity contribution in [3.63, 3.8) is 0 Å². The van der Waals surface area contributed by atoms with Crippen molar-refractivity contribution in [2.45, 2.75) is 0 Å². The summed E-state index contributed by atoms with van der Waals surface area (Å²) in [5.74, 6) is -0.268. The van der Waals surface area contributed by atoms with Gasteiger partial charge in [0, 0.05) is 11.8 Å². The third-order valence-corrected chi connectivity index (χ3v) is 6.04. The number of phenols is 1. The maximum atomic E-state index is 12.7. The number of nitro benzene ring substituents is 1. The molecule has 1 amide bonds. The highest BCUT2D eigenvalue weighted by molar-refractivity contribution is 7.21. The fraction of sp³-hybridized carbons (Fsp3) is 0. The number of hydrogen-bond acceptors (Lipinski definition) is 7. The summed E-state index contributed by atoms with van der Waals surface area (Å²) < 4.78 is 6.58. The Bertz CT molecular complexity index is 1490. The number of anilines is 1. The number of nitro groups is 1. The summed E-state index contributed by atoms with van der Waals surface area (Å²) in [5, 5.41) is 25.0. The van der Waals surface area contributed by atoms with Gasteiger partial charge < -0.3 is 14.8 Å². The van der Waals surface area contributed by atoms with Crippen LogP contribution in [-0.4, -0.2) is 20.9 Å². The Morgan fingerprint density at radius 1 is 1.00 bits per heavy atom. The maximum absolute atomic E-state index is 12.7. The number of aromatic hydroxyl groups is 1. The number of para-hydroxylation sites is 2. The molecule has 8 nitrogen and oxygen atoms in total. The summed E-state index contributed by atoms with van der Waals surface area (Å²) in [6, 6.07) is 21.5. The number of rotatable bonds is 5. The molecule has 0 bridgehead atoms. The van der Waals surface area contributed by atoms with Gasteiger partial charge in [-0.2, -0.15) is 0 Å². The summed E-state index contributed by atoms with van der Waals surface area (Å²) in [5.41, 5.74) is 1.93. The number of furan rings is 1. The van der Waals surface area contributed by atoms with Crippen LogP contribution in [0.15, 0.2) is 83.3 Å². The molecular weight excluding hydrogens is 442 g/mol. The Morgan fingerprint density at radius 3 is 2.61 bits per heavy atom. The average Bonchev–Trinajstić information content (AvgIpc) is 3.48. The van der Waals surface area contributed by atoms with E-state index in [1.807, 2.05) is 24.3 Å². The number of carbonyl (C=O) groups is 1. The van der Waals surface area contributed by atoms with Crippen LogP contribution in [0.1, 0.15) is 10.6 Å². The number of thiazole rings is 1. The van der Waals surface area contributed by atoms with E-state index in [2.05, 4.69) is 10.3 Å². The van der Waals surface area contributed by atoms with Crippen LogP contribution in [0.3, 0.4) is 0 Å². The van der Waals surface area contributed by atoms with Crippen molar-refractivity contribution < 1.29 is 19.2 Å². The molecule has 2 aromatic heterocycles. The Hall–Kier alpha value is -4.50. The number of phenolic OH excluding ortho intramolecular Hbond substituents is 1. The number of aromatic nitrogens is 1. The lowest BCUT2D eigenvalue weighted by atomic mass is 10.1. The molecule has 0 aliphatic rings. The van der Waals surface area contributed by atoms with Gasteiger partial charge in [0.25, 0.3) is 11.6 Å². The predicted octanol–water partition coefficient (Wildman–Crippen LogP) is 6.09. The molecular formula is C24H15N3O5S. The van der Waals surface area contributed by atoms with E-state index in [0.717, 1.165) is 10.2 Å². The van der Waals surface area contributed by atoms with Crippen molar-refractivity contribution in [2.24, 2.45) is 0 Å². The second kappa shape index (κ2) is 8.21. The van der Waals surface area contributed by atoms with Crippen molar-refractivity contribution in [3.05, 3.63) is 94.7 Å². The average molecular weight is 457 g/mol. The van der Waals surface area contributed by atoms with Crippen molar-refractivity contribution in [2.75, 3.05) is 5.32 Å². The van der Waals surface area contributed by atoms with Gasteiger partial charge >= 0.3 is 0 Å². The van der Waals surface area contributed by atoms with Gasteiger partial charge in [-0.3, -0.25) is 14.9 Å². The van der Waals surface area contributed by atoms with Gasteiger partial charge in [-0.25, -0.2) is 4.98 Å². The molecule has 0 saturated carbocycles. The number of nitrogens with one attached hydrogen (secondary N) is 1. The van der Waals surface area contributed by atoms with Gasteiger partial charge in [0.1, 0.15) is 16.5 Å². The Labute approximate surface area is 190 Å². The highest BCUT2D eigenvalue weighted by Crippen LogP contribution is 2.37. The number of fused-ring (bicyclic) bond motifs is 1. The lowest BCUT2D eigenvalue weighted by Gasteiger charge is -2.07. The van der Waals surface area contributed by atoms with E-state index < -0.39 is 10.8 Å². The summed E-state index contributed by atoms with van der Waals surface area (Å²) in [4.78, 5) is 28.1. The minimum Gasteiger partial charge on any atom is -0.507 e. The predicted molar refractivity (Wildman–Crippen MR) is 125 cm³/mol. The SMILES string of the molecule is O=C(Nc1ccc(O)c(-c2nc3ccccc3s2)c1)c1ccc(-c2ccccc2[N+](=O)[O-])o1. The number of amides is 1. The maximum Gasteiger partial charge on any atom is 0.291 e. The zero-order chi connectivity index (χ0) is 22.9. The Kier molecular flexibility index (Phi) is 5.08. The van der Waals surface area contributed by atoms with Crippen molar-refractivity contribution in [1.29, 1.82) is 0 Å². The van der Waals surface area contributed by atoms with Crippen molar-refractivity contribution >= 4 is 38.8 Å². The molecule has 0 unspecified atom stereocenters. The summed E-state index contributed by atoms with van der Waals surface area (Å²) in [6.07, 6.45) is 0. The van der Waals surface area contributed by atoms with Crippen LogP contribution in [0.4, 0.5) is 11.4 Å². The minimum atomic E-state index is -0.527. The normalized spacial score (nSPS) is 10.9. The monoisotopic (exact) mass is 457 g/mol. The van der Waals surface area contributed by atoms with E-state index in [4.69, 9.17) is 4.42 Å². The number of nitrogens with zero attached hydrogens (tertiary/aromatic N) is 2. The number of benzene rings is 3. The van der Waals surface area contributed by atoms with Gasteiger partial charge in [-0.05, 0) is 48.5 Å². The topological polar surface area (TPSA) is 119 Å². The summed E-state index contributed by atoms with van der Waals surface area (Å²) in [6.45, 7) is 0. The van der Waals surface area contributed by atoms with Crippen LogP contribution in [0.5, 0.6) is 5.75 Å². The van der Waals surface area contributed by atoms with Crippen LogP contribution in [0.25, 0.3) is 32.1 Å². The smallest absolute Gasteiger partial charge is 0.291 e. The van der Waals surface area contributed by atoms with Gasteiger partial charge in [0.15, 0.2) is 5.76 Å². The zero-order valence-corrected chi connectivity index (χ0v) is 17.7. The van der Waals surface area contributed by atoms with Gasteiger partial charge in [-0.1, -0.05) is 24.3 Å². The third-order valence-electron chi connectivity index (χ3n) is 4.97. The number of carbonyl (C=O) groups excluding carboxylic acids is 1. The highest BCUT2D eigenvalue weighted by atomic mass is 32.1. The standard InChI is InChI=1S/C24H15N3O5S/c28-19-10-9-14(13-16(19)24-26-17-6-2-4-8-22(17)33-24)25-23(29)21-12-11-20(32-21)15-5-1-3-7-18(15)27(30)31/h1-13,28H,(H,25,29). The van der Waals surface area contributed by atoms with Gasteiger partial charge in [0.2, 0.25) is 0 Å². The van der Waals surface area contributed by atoms with Gasteiger partial charge in [-0.15, -0.1) is 11.3 Å². The molecule has 3 aromatic carbocycles.